The second kappa shape index (κ2) is 12.7. The summed E-state index contributed by atoms with van der Waals surface area (Å²) in [4.78, 5) is 0. The van der Waals surface area contributed by atoms with Crippen LogP contribution in [0.25, 0.3) is 0 Å². The normalized spacial score (nSPS) is 12.5. The molecule has 4 aromatic rings. The summed E-state index contributed by atoms with van der Waals surface area (Å²) in [6, 6.07) is 39.4. The lowest BCUT2D eigenvalue weighted by Crippen LogP contribution is -2.30. The summed E-state index contributed by atoms with van der Waals surface area (Å²) in [6.07, 6.45) is 2.07. The Labute approximate surface area is 223 Å². The lowest BCUT2D eigenvalue weighted by Gasteiger charge is -2.20. The van der Waals surface area contributed by atoms with Crippen LogP contribution in [-0.4, -0.2) is 12.6 Å². The molecule has 1 unspecified atom stereocenters. The van der Waals surface area contributed by atoms with Gasteiger partial charge in [-0.25, -0.2) is 0 Å². The maximum Gasteiger partial charge on any atom is 0.119 e. The molecular formula is C35H41NO. The van der Waals surface area contributed by atoms with Gasteiger partial charge in [-0.2, -0.15) is 0 Å². The van der Waals surface area contributed by atoms with Crippen molar-refractivity contribution in [2.75, 3.05) is 6.54 Å². The Kier molecular flexibility index (Phi) is 9.19. The summed E-state index contributed by atoms with van der Waals surface area (Å²) in [5.74, 6) is 1.32. The zero-order chi connectivity index (χ0) is 26.1. The zero-order valence-corrected chi connectivity index (χ0v) is 22.8. The smallest absolute Gasteiger partial charge is 0.119 e. The van der Waals surface area contributed by atoms with Crippen molar-refractivity contribution in [3.8, 4) is 5.75 Å². The van der Waals surface area contributed by atoms with E-state index in [0.717, 1.165) is 25.1 Å². The fraction of sp³-hybridized carbons (Fsp3) is 0.314. The van der Waals surface area contributed by atoms with Crippen molar-refractivity contribution < 1.29 is 4.74 Å². The molecule has 0 saturated carbocycles. The molecule has 0 radical (unpaired) electrons. The molecule has 2 heteroatoms. The van der Waals surface area contributed by atoms with Crippen molar-refractivity contribution in [3.05, 3.63) is 137 Å². The molecule has 0 spiro atoms. The first-order valence-electron chi connectivity index (χ1n) is 13.5. The van der Waals surface area contributed by atoms with Gasteiger partial charge in [0.15, 0.2) is 0 Å². The van der Waals surface area contributed by atoms with Crippen LogP contribution >= 0.6 is 0 Å². The molecule has 192 valence electrons. The van der Waals surface area contributed by atoms with Crippen LogP contribution in [0, 0.1) is 0 Å². The maximum atomic E-state index is 6.04. The van der Waals surface area contributed by atoms with E-state index in [1.54, 1.807) is 0 Å². The van der Waals surface area contributed by atoms with Crippen molar-refractivity contribution in [2.45, 2.75) is 64.5 Å². The zero-order valence-electron chi connectivity index (χ0n) is 22.8. The summed E-state index contributed by atoms with van der Waals surface area (Å²) in [6.45, 7) is 10.6. The van der Waals surface area contributed by atoms with E-state index in [1.165, 1.54) is 27.8 Å². The molecule has 37 heavy (non-hydrogen) atoms. The van der Waals surface area contributed by atoms with Gasteiger partial charge in [0.2, 0.25) is 0 Å². The van der Waals surface area contributed by atoms with Crippen molar-refractivity contribution in [2.24, 2.45) is 0 Å². The van der Waals surface area contributed by atoms with Crippen LogP contribution in [0.5, 0.6) is 5.75 Å². The summed E-state index contributed by atoms with van der Waals surface area (Å²) < 4.78 is 6.04. The minimum atomic E-state index is 0.173. The third-order valence-electron chi connectivity index (χ3n) is 7.02. The molecule has 0 bridgehead atoms. The summed E-state index contributed by atoms with van der Waals surface area (Å²) in [5, 5.41) is 3.75. The fourth-order valence-corrected chi connectivity index (χ4v) is 4.79. The third-order valence-corrected chi connectivity index (χ3v) is 7.02. The monoisotopic (exact) mass is 491 g/mol. The van der Waals surface area contributed by atoms with E-state index >= 15 is 0 Å². The van der Waals surface area contributed by atoms with Crippen LogP contribution in [0.2, 0.25) is 0 Å². The number of nitrogens with one attached hydrogen (secondary N) is 1. The number of benzene rings is 4. The van der Waals surface area contributed by atoms with Crippen LogP contribution in [0.1, 0.15) is 67.9 Å². The molecule has 0 aliphatic heterocycles. The minimum absolute atomic E-state index is 0.173. The van der Waals surface area contributed by atoms with Crippen LogP contribution in [-0.2, 0) is 18.4 Å². The number of hydrogen-bond acceptors (Lipinski definition) is 2. The highest BCUT2D eigenvalue weighted by Crippen LogP contribution is 2.27. The van der Waals surface area contributed by atoms with Crippen molar-refractivity contribution in [1.29, 1.82) is 0 Å². The molecule has 0 aromatic heterocycles. The van der Waals surface area contributed by atoms with Crippen LogP contribution in [0.3, 0.4) is 0 Å². The predicted octanol–water partition coefficient (Wildman–Crippen LogP) is 8.31. The average Bonchev–Trinajstić information content (AvgIpc) is 2.91. The average molecular weight is 492 g/mol. The predicted molar refractivity (Wildman–Crippen MR) is 156 cm³/mol. The highest BCUT2D eigenvalue weighted by atomic mass is 16.5. The number of hydrogen-bond donors (Lipinski definition) is 1. The SMILES string of the molecule is CC(Cc1ccc(OCc2ccc(C(C)(C)C)cc2)cc1)NCCC(c1ccccc1)c1ccccc1. The quantitative estimate of drug-likeness (QED) is 0.228. The summed E-state index contributed by atoms with van der Waals surface area (Å²) in [7, 11) is 0. The third kappa shape index (κ3) is 8.06. The lowest BCUT2D eigenvalue weighted by atomic mass is 9.87. The Bertz CT molecular complexity index is 1150. The van der Waals surface area contributed by atoms with Gasteiger partial charge in [0.1, 0.15) is 12.4 Å². The Morgan fingerprint density at radius 3 is 1.76 bits per heavy atom. The molecule has 0 aliphatic rings. The molecule has 4 aromatic carbocycles. The topological polar surface area (TPSA) is 21.3 Å². The lowest BCUT2D eigenvalue weighted by molar-refractivity contribution is 0.306. The minimum Gasteiger partial charge on any atom is -0.489 e. The molecule has 1 N–H and O–H groups in total. The molecule has 0 aliphatic carbocycles. The second-order valence-electron chi connectivity index (χ2n) is 11.1. The van der Waals surface area contributed by atoms with Gasteiger partial charge < -0.3 is 10.1 Å². The standard InChI is InChI=1S/C35H41NO/c1-27(36-24-23-34(30-11-7-5-8-12-30)31-13-9-6-10-14-31)25-28-17-21-33(22-18-28)37-26-29-15-19-32(20-16-29)35(2,3)4/h5-22,27,34,36H,23-26H2,1-4H3. The van der Waals surface area contributed by atoms with Gasteiger partial charge in [0.25, 0.3) is 0 Å². The van der Waals surface area contributed by atoms with E-state index in [9.17, 15) is 0 Å². The van der Waals surface area contributed by atoms with E-state index in [-0.39, 0.29) is 5.41 Å². The van der Waals surface area contributed by atoms with Crippen LogP contribution in [0.4, 0.5) is 0 Å². The van der Waals surface area contributed by atoms with Gasteiger partial charge in [0, 0.05) is 12.0 Å². The Morgan fingerprint density at radius 1 is 0.676 bits per heavy atom. The Morgan fingerprint density at radius 2 is 1.22 bits per heavy atom. The highest BCUT2D eigenvalue weighted by molar-refractivity contribution is 5.33. The van der Waals surface area contributed by atoms with Gasteiger partial charge in [-0.05, 0) is 71.7 Å². The molecule has 2 nitrogen and oxygen atoms in total. The molecule has 4 rings (SSSR count). The van der Waals surface area contributed by atoms with Crippen LogP contribution in [0.15, 0.2) is 109 Å². The number of ether oxygens (including phenoxy) is 1. The van der Waals surface area contributed by atoms with E-state index in [2.05, 4.69) is 142 Å². The first kappa shape index (κ1) is 26.7. The van der Waals surface area contributed by atoms with E-state index in [1.807, 2.05) is 0 Å². The molecule has 0 fully saturated rings. The Balaban J connectivity index is 1.25. The molecular weight excluding hydrogens is 450 g/mol. The fourth-order valence-electron chi connectivity index (χ4n) is 4.79. The Hall–Kier alpha value is -3.36. The van der Waals surface area contributed by atoms with Gasteiger partial charge in [0.05, 0.1) is 0 Å². The van der Waals surface area contributed by atoms with E-state index in [4.69, 9.17) is 4.74 Å². The van der Waals surface area contributed by atoms with E-state index in [0.29, 0.717) is 18.6 Å². The largest absolute Gasteiger partial charge is 0.489 e. The molecule has 0 heterocycles. The van der Waals surface area contributed by atoms with Gasteiger partial charge in [-0.15, -0.1) is 0 Å². The first-order chi connectivity index (χ1) is 17.9. The summed E-state index contributed by atoms with van der Waals surface area (Å²) in [5.41, 5.74) is 6.79. The van der Waals surface area contributed by atoms with Crippen molar-refractivity contribution >= 4 is 0 Å². The second-order valence-corrected chi connectivity index (χ2v) is 11.1. The highest BCUT2D eigenvalue weighted by Gasteiger charge is 2.15. The summed E-state index contributed by atoms with van der Waals surface area (Å²) >= 11 is 0. The molecule has 0 saturated heterocycles. The molecule has 1 atom stereocenters. The van der Waals surface area contributed by atoms with Gasteiger partial charge in [-0.1, -0.05) is 118 Å². The van der Waals surface area contributed by atoms with Crippen molar-refractivity contribution in [1.82, 2.24) is 5.32 Å². The van der Waals surface area contributed by atoms with Crippen LogP contribution < -0.4 is 10.1 Å². The first-order valence-corrected chi connectivity index (χ1v) is 13.5. The van der Waals surface area contributed by atoms with Crippen molar-refractivity contribution in [3.63, 3.8) is 0 Å². The van der Waals surface area contributed by atoms with Gasteiger partial charge >= 0.3 is 0 Å². The maximum absolute atomic E-state index is 6.04. The van der Waals surface area contributed by atoms with E-state index < -0.39 is 0 Å². The number of rotatable bonds is 11. The van der Waals surface area contributed by atoms with Gasteiger partial charge in [-0.3, -0.25) is 0 Å². The molecule has 0 amide bonds.